The highest BCUT2D eigenvalue weighted by molar-refractivity contribution is 5.98. The molecule has 0 radical (unpaired) electrons. The van der Waals surface area contributed by atoms with Crippen LogP contribution in [0.1, 0.15) is 50.0 Å². The van der Waals surface area contributed by atoms with Crippen LogP contribution < -0.4 is 21.9 Å². The Balaban J connectivity index is 1.81. The van der Waals surface area contributed by atoms with Gasteiger partial charge in [0.25, 0.3) is 11.5 Å². The van der Waals surface area contributed by atoms with E-state index in [-0.39, 0.29) is 35.2 Å². The van der Waals surface area contributed by atoms with Crippen LogP contribution in [-0.4, -0.2) is 37.1 Å². The monoisotopic (exact) mass is 518 g/mol. The van der Waals surface area contributed by atoms with Gasteiger partial charge in [-0.25, -0.2) is 13.9 Å². The molecule has 2 heterocycles. The molecule has 0 fully saturated rings. The van der Waals surface area contributed by atoms with Crippen LogP contribution in [0, 0.1) is 18.8 Å². The molecule has 2 aromatic heterocycles. The Bertz CT molecular complexity index is 1610. The van der Waals surface area contributed by atoms with Crippen LogP contribution in [0.4, 0.5) is 5.69 Å². The van der Waals surface area contributed by atoms with Crippen molar-refractivity contribution in [1.29, 1.82) is 0 Å². The third-order valence-electron chi connectivity index (χ3n) is 6.27. The summed E-state index contributed by atoms with van der Waals surface area (Å²) < 4.78 is 3.83. The summed E-state index contributed by atoms with van der Waals surface area (Å²) in [4.78, 5) is 52.5. The summed E-state index contributed by atoms with van der Waals surface area (Å²) in [6, 6.07) is 12.0. The Kier molecular flexibility index (Phi) is 7.80. The minimum absolute atomic E-state index is 0.135. The number of carbonyl (C=O) groups excluding carboxylic acids is 2. The maximum Gasteiger partial charge on any atom is 0.352 e. The number of nitrogens with zero attached hydrogens (tertiary/aromatic N) is 4. The van der Waals surface area contributed by atoms with Gasteiger partial charge in [-0.05, 0) is 55.5 Å². The molecule has 38 heavy (non-hydrogen) atoms. The summed E-state index contributed by atoms with van der Waals surface area (Å²) in [5, 5.41) is 10.3. The predicted octanol–water partition coefficient (Wildman–Crippen LogP) is 3.19. The van der Waals surface area contributed by atoms with Crippen molar-refractivity contribution in [2.45, 2.75) is 54.1 Å². The quantitative estimate of drug-likeness (QED) is 0.353. The van der Waals surface area contributed by atoms with Crippen LogP contribution in [0.15, 0.2) is 52.1 Å². The second-order valence-electron chi connectivity index (χ2n) is 10.5. The number of anilines is 1. The first-order valence-electron chi connectivity index (χ1n) is 12.9. The zero-order valence-electron chi connectivity index (χ0n) is 22.4. The van der Waals surface area contributed by atoms with Crippen molar-refractivity contribution in [2.24, 2.45) is 11.8 Å². The van der Waals surface area contributed by atoms with Crippen molar-refractivity contribution in [1.82, 2.24) is 24.1 Å². The van der Waals surface area contributed by atoms with E-state index in [9.17, 15) is 19.2 Å². The van der Waals surface area contributed by atoms with Crippen LogP contribution in [0.5, 0.6) is 0 Å². The number of aromatic nitrogens is 4. The molecular weight excluding hydrogens is 484 g/mol. The van der Waals surface area contributed by atoms with Crippen LogP contribution in [0.25, 0.3) is 16.7 Å². The van der Waals surface area contributed by atoms with E-state index < -0.39 is 11.6 Å². The normalized spacial score (nSPS) is 11.6. The third kappa shape index (κ3) is 5.69. The van der Waals surface area contributed by atoms with Gasteiger partial charge in [-0.15, -0.1) is 5.10 Å². The molecule has 2 N–H and O–H groups in total. The van der Waals surface area contributed by atoms with Crippen molar-refractivity contribution in [3.63, 3.8) is 0 Å². The molecule has 2 amide bonds. The van der Waals surface area contributed by atoms with Crippen LogP contribution in [-0.2, 0) is 17.9 Å². The molecule has 2 aromatic carbocycles. The molecule has 10 heteroatoms. The Morgan fingerprint density at radius 1 is 0.974 bits per heavy atom. The molecule has 0 aliphatic heterocycles. The first-order chi connectivity index (χ1) is 18.0. The molecule has 10 nitrogen and oxygen atoms in total. The number of hydrogen-bond acceptors (Lipinski definition) is 5. The lowest BCUT2D eigenvalue weighted by Gasteiger charge is -2.12. The molecular formula is C28H34N6O4. The summed E-state index contributed by atoms with van der Waals surface area (Å²) in [5.74, 6) is 0.00474. The highest BCUT2D eigenvalue weighted by atomic mass is 16.2. The van der Waals surface area contributed by atoms with Gasteiger partial charge >= 0.3 is 5.69 Å². The van der Waals surface area contributed by atoms with Gasteiger partial charge in [0.05, 0.1) is 10.9 Å². The molecule has 4 rings (SSSR count). The summed E-state index contributed by atoms with van der Waals surface area (Å²) in [5.41, 5.74) is 1.40. The van der Waals surface area contributed by atoms with Gasteiger partial charge in [-0.2, -0.15) is 0 Å². The number of fused-ring (bicyclic) bond motifs is 3. The van der Waals surface area contributed by atoms with E-state index in [4.69, 9.17) is 0 Å². The van der Waals surface area contributed by atoms with Gasteiger partial charge in [0, 0.05) is 24.3 Å². The predicted molar refractivity (Wildman–Crippen MR) is 148 cm³/mol. The van der Waals surface area contributed by atoms with Crippen molar-refractivity contribution in [3.05, 3.63) is 74.4 Å². The fourth-order valence-corrected chi connectivity index (χ4v) is 4.12. The Morgan fingerprint density at radius 2 is 1.68 bits per heavy atom. The number of amides is 2. The molecule has 0 aliphatic carbocycles. The van der Waals surface area contributed by atoms with Gasteiger partial charge < -0.3 is 10.6 Å². The average molecular weight is 519 g/mol. The third-order valence-corrected chi connectivity index (χ3v) is 6.27. The summed E-state index contributed by atoms with van der Waals surface area (Å²) >= 11 is 0. The summed E-state index contributed by atoms with van der Waals surface area (Å²) in [6.45, 7) is 10.6. The van der Waals surface area contributed by atoms with Crippen molar-refractivity contribution >= 4 is 34.2 Å². The Hall–Kier alpha value is -4.21. The molecule has 0 atom stereocenters. The number of carbonyl (C=O) groups is 2. The number of rotatable bonds is 9. The standard InChI is InChI=1S/C28H34N6O4/c1-17(2)12-13-32-26(37)22-11-8-20(25(36)29-15-18(3)4)14-23(22)34-27(32)31-33(28(34)38)16-24(35)30-21-9-6-19(5)7-10-21/h6-11,14,17-18H,12-13,15-16H2,1-5H3,(H,29,36)(H,30,35). The zero-order chi connectivity index (χ0) is 27.6. The van der Waals surface area contributed by atoms with Crippen LogP contribution in [0.2, 0.25) is 0 Å². The fourth-order valence-electron chi connectivity index (χ4n) is 4.12. The highest BCUT2D eigenvalue weighted by Crippen LogP contribution is 2.16. The first kappa shape index (κ1) is 26.8. The molecule has 0 aliphatic rings. The van der Waals surface area contributed by atoms with Crippen LogP contribution in [0.3, 0.4) is 0 Å². The molecule has 0 bridgehead atoms. The average Bonchev–Trinajstić information content (AvgIpc) is 3.18. The number of benzene rings is 2. The molecule has 0 saturated carbocycles. The maximum atomic E-state index is 13.5. The lowest BCUT2D eigenvalue weighted by Crippen LogP contribution is -2.30. The second kappa shape index (κ2) is 11.0. The lowest BCUT2D eigenvalue weighted by atomic mass is 10.1. The molecule has 0 saturated heterocycles. The minimum Gasteiger partial charge on any atom is -0.352 e. The van der Waals surface area contributed by atoms with Gasteiger partial charge in [0.1, 0.15) is 6.54 Å². The minimum atomic E-state index is -0.568. The molecule has 0 spiro atoms. The Labute approximate surface area is 220 Å². The SMILES string of the molecule is Cc1ccc(NC(=O)Cn2nc3n(CCC(C)C)c(=O)c4ccc(C(=O)NCC(C)C)cc4n3c2=O)cc1. The van der Waals surface area contributed by atoms with E-state index >= 15 is 0 Å². The van der Waals surface area contributed by atoms with E-state index in [2.05, 4.69) is 15.7 Å². The van der Waals surface area contributed by atoms with E-state index in [1.54, 1.807) is 24.3 Å². The lowest BCUT2D eigenvalue weighted by molar-refractivity contribution is -0.117. The number of aryl methyl sites for hydroxylation is 2. The highest BCUT2D eigenvalue weighted by Gasteiger charge is 2.20. The molecule has 200 valence electrons. The van der Waals surface area contributed by atoms with Crippen molar-refractivity contribution < 1.29 is 9.59 Å². The molecule has 0 unspecified atom stereocenters. The van der Waals surface area contributed by atoms with Gasteiger partial charge in [-0.3, -0.25) is 19.0 Å². The smallest absolute Gasteiger partial charge is 0.352 e. The van der Waals surface area contributed by atoms with Crippen molar-refractivity contribution in [2.75, 3.05) is 11.9 Å². The zero-order valence-corrected chi connectivity index (χ0v) is 22.4. The number of hydrogen-bond donors (Lipinski definition) is 2. The van der Waals surface area contributed by atoms with Crippen LogP contribution >= 0.6 is 0 Å². The number of nitrogens with one attached hydrogen (secondary N) is 2. The van der Waals surface area contributed by atoms with E-state index in [0.29, 0.717) is 42.1 Å². The van der Waals surface area contributed by atoms with Gasteiger partial charge in [0.15, 0.2) is 0 Å². The van der Waals surface area contributed by atoms with E-state index in [1.807, 2.05) is 46.8 Å². The van der Waals surface area contributed by atoms with E-state index in [1.165, 1.54) is 15.0 Å². The second-order valence-corrected chi connectivity index (χ2v) is 10.5. The van der Waals surface area contributed by atoms with Gasteiger partial charge in [0.2, 0.25) is 11.7 Å². The fraction of sp³-hybridized carbons (Fsp3) is 0.393. The largest absolute Gasteiger partial charge is 0.352 e. The summed E-state index contributed by atoms with van der Waals surface area (Å²) in [6.07, 6.45) is 0.700. The van der Waals surface area contributed by atoms with E-state index in [0.717, 1.165) is 10.2 Å². The maximum absolute atomic E-state index is 13.5. The van der Waals surface area contributed by atoms with Crippen molar-refractivity contribution in [3.8, 4) is 0 Å². The molecule has 4 aromatic rings. The first-order valence-corrected chi connectivity index (χ1v) is 12.9. The van der Waals surface area contributed by atoms with Gasteiger partial charge in [-0.1, -0.05) is 45.4 Å². The Morgan fingerprint density at radius 3 is 2.34 bits per heavy atom. The summed E-state index contributed by atoms with van der Waals surface area (Å²) in [7, 11) is 0. The topological polar surface area (TPSA) is 120 Å².